The Morgan fingerprint density at radius 3 is 2.62 bits per heavy atom. The summed E-state index contributed by atoms with van der Waals surface area (Å²) in [6, 6.07) is 13.3. The molecule has 1 aromatic heterocycles. The van der Waals surface area contributed by atoms with E-state index in [0.717, 1.165) is 22.9 Å². The highest BCUT2D eigenvalue weighted by molar-refractivity contribution is 5.83. The van der Waals surface area contributed by atoms with Crippen molar-refractivity contribution in [3.05, 3.63) is 71.2 Å². The van der Waals surface area contributed by atoms with Crippen LogP contribution >= 0.6 is 0 Å². The Hall–Kier alpha value is -2.13. The first-order chi connectivity index (χ1) is 10.2. The van der Waals surface area contributed by atoms with Gasteiger partial charge in [-0.15, -0.1) is 0 Å². The van der Waals surface area contributed by atoms with Crippen molar-refractivity contribution < 1.29 is 4.39 Å². The van der Waals surface area contributed by atoms with Crippen LogP contribution in [0.15, 0.2) is 48.7 Å². The Morgan fingerprint density at radius 1 is 1.14 bits per heavy atom. The monoisotopic (exact) mass is 282 g/mol. The maximum atomic E-state index is 13.5. The Bertz CT molecular complexity index is 744. The fourth-order valence-electron chi connectivity index (χ4n) is 2.78. The molecular weight excluding hydrogens is 263 g/mol. The van der Waals surface area contributed by atoms with Gasteiger partial charge in [0, 0.05) is 23.0 Å². The molecule has 1 atom stereocenters. The molecule has 0 aliphatic rings. The number of aromatic nitrogens is 1. The first-order valence-electron chi connectivity index (χ1n) is 7.19. The van der Waals surface area contributed by atoms with Crippen LogP contribution in [0.2, 0.25) is 0 Å². The highest BCUT2D eigenvalue weighted by Crippen LogP contribution is 2.28. The quantitative estimate of drug-likeness (QED) is 0.748. The third kappa shape index (κ3) is 2.83. The third-order valence-corrected chi connectivity index (χ3v) is 4.00. The molecular formula is C18H19FN2. The van der Waals surface area contributed by atoms with Crippen LogP contribution in [0, 0.1) is 12.7 Å². The van der Waals surface area contributed by atoms with E-state index in [9.17, 15) is 4.39 Å². The van der Waals surface area contributed by atoms with Gasteiger partial charge in [-0.1, -0.05) is 29.8 Å². The molecule has 0 amide bonds. The number of halogens is 1. The number of nitrogens with one attached hydrogen (secondary N) is 1. The van der Waals surface area contributed by atoms with Crippen LogP contribution in [0.25, 0.3) is 10.9 Å². The summed E-state index contributed by atoms with van der Waals surface area (Å²) in [7, 11) is 0. The number of nitrogens with two attached hydrogens (primary N) is 1. The SMILES string of the molecule is Cc1ccc(CC(CN)c2c[nH]c3ccc(F)cc23)cc1. The van der Waals surface area contributed by atoms with E-state index in [1.54, 1.807) is 12.1 Å². The van der Waals surface area contributed by atoms with E-state index < -0.39 is 0 Å². The molecule has 0 fully saturated rings. The van der Waals surface area contributed by atoms with Gasteiger partial charge < -0.3 is 10.7 Å². The highest BCUT2D eigenvalue weighted by atomic mass is 19.1. The summed E-state index contributed by atoms with van der Waals surface area (Å²) < 4.78 is 13.5. The van der Waals surface area contributed by atoms with Gasteiger partial charge >= 0.3 is 0 Å². The number of H-pyrrole nitrogens is 1. The summed E-state index contributed by atoms with van der Waals surface area (Å²) in [5.41, 5.74) is 10.5. The maximum Gasteiger partial charge on any atom is 0.123 e. The van der Waals surface area contributed by atoms with Gasteiger partial charge in [-0.2, -0.15) is 0 Å². The Kier molecular flexibility index (Phi) is 3.76. The van der Waals surface area contributed by atoms with E-state index in [0.29, 0.717) is 6.54 Å². The van der Waals surface area contributed by atoms with Crippen molar-refractivity contribution in [3.63, 3.8) is 0 Å². The molecule has 0 spiro atoms. The second-order valence-corrected chi connectivity index (χ2v) is 5.56. The molecule has 0 radical (unpaired) electrons. The zero-order chi connectivity index (χ0) is 14.8. The predicted octanol–water partition coefficient (Wildman–Crippen LogP) is 3.90. The molecule has 0 bridgehead atoms. The largest absolute Gasteiger partial charge is 0.361 e. The molecule has 2 aromatic carbocycles. The Labute approximate surface area is 123 Å². The standard InChI is InChI=1S/C18H19FN2/c1-12-2-4-13(5-3-12)8-14(10-20)17-11-21-18-7-6-15(19)9-16(17)18/h2-7,9,11,14,21H,8,10,20H2,1H3. The van der Waals surface area contributed by atoms with Gasteiger partial charge in [0.05, 0.1) is 0 Å². The van der Waals surface area contributed by atoms with Gasteiger partial charge in [0.2, 0.25) is 0 Å². The predicted molar refractivity (Wildman–Crippen MR) is 84.9 cm³/mol. The molecule has 0 saturated carbocycles. The molecule has 0 saturated heterocycles. The van der Waals surface area contributed by atoms with Crippen LogP contribution in [0.3, 0.4) is 0 Å². The number of hydrogen-bond donors (Lipinski definition) is 2. The van der Waals surface area contributed by atoms with Gasteiger partial charge in [-0.05, 0) is 49.2 Å². The van der Waals surface area contributed by atoms with Gasteiger partial charge in [0.15, 0.2) is 0 Å². The minimum atomic E-state index is -0.213. The summed E-state index contributed by atoms with van der Waals surface area (Å²) >= 11 is 0. The lowest BCUT2D eigenvalue weighted by Gasteiger charge is -2.14. The highest BCUT2D eigenvalue weighted by Gasteiger charge is 2.15. The molecule has 21 heavy (non-hydrogen) atoms. The summed E-state index contributed by atoms with van der Waals surface area (Å²) in [6.07, 6.45) is 2.82. The number of fused-ring (bicyclic) bond motifs is 1. The smallest absolute Gasteiger partial charge is 0.123 e. The molecule has 1 unspecified atom stereocenters. The molecule has 1 heterocycles. The lowest BCUT2D eigenvalue weighted by Crippen LogP contribution is -2.14. The topological polar surface area (TPSA) is 41.8 Å². The van der Waals surface area contributed by atoms with E-state index in [1.807, 2.05) is 6.20 Å². The minimum absolute atomic E-state index is 0.184. The van der Waals surface area contributed by atoms with E-state index in [1.165, 1.54) is 17.2 Å². The molecule has 108 valence electrons. The average molecular weight is 282 g/mol. The van der Waals surface area contributed by atoms with Crippen LogP contribution in [0.4, 0.5) is 4.39 Å². The number of rotatable bonds is 4. The van der Waals surface area contributed by atoms with E-state index in [4.69, 9.17) is 5.73 Å². The molecule has 3 N–H and O–H groups in total. The van der Waals surface area contributed by atoms with Crippen molar-refractivity contribution in [1.82, 2.24) is 4.98 Å². The Morgan fingerprint density at radius 2 is 1.90 bits per heavy atom. The number of hydrogen-bond acceptors (Lipinski definition) is 1. The zero-order valence-electron chi connectivity index (χ0n) is 12.1. The lowest BCUT2D eigenvalue weighted by molar-refractivity contribution is 0.629. The van der Waals surface area contributed by atoms with Gasteiger partial charge in [-0.3, -0.25) is 0 Å². The van der Waals surface area contributed by atoms with Crippen LogP contribution < -0.4 is 5.73 Å². The average Bonchev–Trinajstić information content (AvgIpc) is 2.89. The number of aromatic amines is 1. The zero-order valence-corrected chi connectivity index (χ0v) is 12.1. The van der Waals surface area contributed by atoms with E-state index >= 15 is 0 Å². The van der Waals surface area contributed by atoms with Crippen LogP contribution in [-0.4, -0.2) is 11.5 Å². The number of benzene rings is 2. The number of aryl methyl sites for hydroxylation is 1. The summed E-state index contributed by atoms with van der Waals surface area (Å²) in [5, 5.41) is 0.928. The molecule has 3 rings (SSSR count). The van der Waals surface area contributed by atoms with Gasteiger partial charge in [0.1, 0.15) is 5.82 Å². The molecule has 0 aliphatic heterocycles. The normalized spacial score (nSPS) is 12.7. The van der Waals surface area contributed by atoms with Crippen LogP contribution in [0.1, 0.15) is 22.6 Å². The fourth-order valence-corrected chi connectivity index (χ4v) is 2.78. The van der Waals surface area contributed by atoms with Crippen molar-refractivity contribution >= 4 is 10.9 Å². The van der Waals surface area contributed by atoms with E-state index in [-0.39, 0.29) is 11.7 Å². The van der Waals surface area contributed by atoms with Crippen LogP contribution in [0.5, 0.6) is 0 Å². The maximum absolute atomic E-state index is 13.5. The summed E-state index contributed by atoms with van der Waals surface area (Å²) in [4.78, 5) is 3.20. The van der Waals surface area contributed by atoms with E-state index in [2.05, 4.69) is 36.2 Å². The molecule has 3 aromatic rings. The third-order valence-electron chi connectivity index (χ3n) is 4.00. The lowest BCUT2D eigenvalue weighted by atomic mass is 9.91. The summed E-state index contributed by atoms with van der Waals surface area (Å²) in [5.74, 6) is -0.0299. The van der Waals surface area contributed by atoms with Crippen molar-refractivity contribution in [1.29, 1.82) is 0 Å². The first-order valence-corrected chi connectivity index (χ1v) is 7.19. The van der Waals surface area contributed by atoms with Crippen molar-refractivity contribution in [2.24, 2.45) is 5.73 Å². The fraction of sp³-hybridized carbons (Fsp3) is 0.222. The van der Waals surface area contributed by atoms with Crippen molar-refractivity contribution in [3.8, 4) is 0 Å². The second-order valence-electron chi connectivity index (χ2n) is 5.56. The molecule has 2 nitrogen and oxygen atoms in total. The van der Waals surface area contributed by atoms with Crippen LogP contribution in [-0.2, 0) is 6.42 Å². The Balaban J connectivity index is 1.94. The molecule has 0 aliphatic carbocycles. The summed E-state index contributed by atoms with van der Waals surface area (Å²) in [6.45, 7) is 2.62. The van der Waals surface area contributed by atoms with Crippen molar-refractivity contribution in [2.75, 3.05) is 6.54 Å². The second kappa shape index (κ2) is 5.70. The first kappa shape index (κ1) is 13.8. The minimum Gasteiger partial charge on any atom is -0.361 e. The molecule has 3 heteroatoms. The van der Waals surface area contributed by atoms with Gasteiger partial charge in [-0.25, -0.2) is 4.39 Å². The van der Waals surface area contributed by atoms with Crippen molar-refractivity contribution in [2.45, 2.75) is 19.3 Å². The van der Waals surface area contributed by atoms with Gasteiger partial charge in [0.25, 0.3) is 0 Å².